The third-order valence-electron chi connectivity index (χ3n) is 6.35. The number of allylic oxidation sites excluding steroid dienone is 5. The van der Waals surface area contributed by atoms with Gasteiger partial charge in [0.15, 0.2) is 16.6 Å². The van der Waals surface area contributed by atoms with Crippen LogP contribution in [0.15, 0.2) is 79.3 Å². The summed E-state index contributed by atoms with van der Waals surface area (Å²) in [5.74, 6) is 1.10. The van der Waals surface area contributed by atoms with Crippen LogP contribution in [0.3, 0.4) is 0 Å². The monoisotopic (exact) mass is 509 g/mol. The number of rotatable bonds is 8. The van der Waals surface area contributed by atoms with Gasteiger partial charge in [-0.3, -0.25) is 10.1 Å². The Morgan fingerprint density at radius 2 is 1.95 bits per heavy atom. The number of nitrogens with zero attached hydrogens (tertiary/aromatic N) is 4. The van der Waals surface area contributed by atoms with Gasteiger partial charge < -0.3 is 10.3 Å². The first kappa shape index (κ1) is 23.1. The number of nitrogens with one attached hydrogen (secondary N) is 3. The Labute approximate surface area is 216 Å². The maximum Gasteiger partial charge on any atom is 0.177 e. The molecule has 37 heavy (non-hydrogen) atoms. The average Bonchev–Trinajstić information content (AvgIpc) is 3.32. The van der Waals surface area contributed by atoms with Crippen LogP contribution < -0.4 is 5.32 Å². The van der Waals surface area contributed by atoms with Crippen molar-refractivity contribution in [3.05, 3.63) is 90.1 Å². The molecule has 0 aliphatic heterocycles. The molecule has 1 fully saturated rings. The van der Waals surface area contributed by atoms with Crippen LogP contribution in [-0.2, 0) is 0 Å². The predicted molar refractivity (Wildman–Crippen MR) is 147 cm³/mol. The minimum atomic E-state index is -0.264. The number of hydrogen-bond acceptors (Lipinski definition) is 6. The quantitative estimate of drug-likeness (QED) is 0.201. The van der Waals surface area contributed by atoms with E-state index < -0.39 is 0 Å². The third-order valence-corrected chi connectivity index (χ3v) is 7.23. The molecule has 0 amide bonds. The molecule has 3 N–H and O–H groups in total. The molecule has 5 aromatic heterocycles. The second-order valence-electron chi connectivity index (χ2n) is 8.88. The first-order valence-corrected chi connectivity index (χ1v) is 12.8. The molecule has 0 unspecified atom stereocenters. The number of H-pyrrole nitrogens is 2. The third kappa shape index (κ3) is 4.38. The highest BCUT2D eigenvalue weighted by molar-refractivity contribution is 7.13. The Bertz CT molecular complexity index is 1730. The largest absolute Gasteiger partial charge is 0.359 e. The lowest BCUT2D eigenvalue weighted by atomic mass is 10.1. The van der Waals surface area contributed by atoms with Crippen molar-refractivity contribution >= 4 is 39.0 Å². The summed E-state index contributed by atoms with van der Waals surface area (Å²) in [7, 11) is 0. The van der Waals surface area contributed by atoms with Crippen molar-refractivity contribution in [3.63, 3.8) is 0 Å². The Morgan fingerprint density at radius 1 is 1.11 bits per heavy atom. The van der Waals surface area contributed by atoms with Crippen LogP contribution in [0, 0.1) is 11.0 Å². The first-order valence-electron chi connectivity index (χ1n) is 12.0. The van der Waals surface area contributed by atoms with Gasteiger partial charge in [-0.15, -0.1) is 11.3 Å². The van der Waals surface area contributed by atoms with Crippen molar-refractivity contribution in [3.8, 4) is 22.1 Å². The molecule has 1 aliphatic rings. The smallest absolute Gasteiger partial charge is 0.177 e. The van der Waals surface area contributed by atoms with Gasteiger partial charge >= 0.3 is 0 Å². The number of halogens is 1. The fraction of sp³-hybridized carbons (Fsp3) is 0.143. The van der Waals surface area contributed by atoms with E-state index in [0.717, 1.165) is 45.0 Å². The summed E-state index contributed by atoms with van der Waals surface area (Å²) in [5, 5.41) is 10.7. The summed E-state index contributed by atoms with van der Waals surface area (Å²) in [6.45, 7) is 10.1. The van der Waals surface area contributed by atoms with E-state index in [1.807, 2.05) is 37.3 Å². The fourth-order valence-electron chi connectivity index (χ4n) is 4.23. The van der Waals surface area contributed by atoms with E-state index in [0.29, 0.717) is 39.0 Å². The van der Waals surface area contributed by atoms with E-state index in [4.69, 9.17) is 9.97 Å². The van der Waals surface area contributed by atoms with Gasteiger partial charge in [-0.2, -0.15) is 9.49 Å². The zero-order chi connectivity index (χ0) is 25.5. The average molecular weight is 510 g/mol. The van der Waals surface area contributed by atoms with Gasteiger partial charge in [-0.25, -0.2) is 9.97 Å². The molecule has 5 aromatic rings. The molecular formula is C28H24FN7S. The molecule has 5 heterocycles. The molecule has 6 rings (SSSR count). The SMILES string of the molecule is C=C/C(=C\C(=C/C)c1ccc2[nH]nc(-c3nc4c(-c5ccc(F)s5)nccc4[nH]3)c2n1)NC(=C)C1CC1. The highest BCUT2D eigenvalue weighted by Crippen LogP contribution is 2.35. The first-order chi connectivity index (χ1) is 18.0. The summed E-state index contributed by atoms with van der Waals surface area (Å²) in [6, 6.07) is 8.91. The van der Waals surface area contributed by atoms with Gasteiger partial charge in [-0.1, -0.05) is 19.2 Å². The number of aromatic amines is 2. The number of pyridine rings is 2. The Balaban J connectivity index is 1.39. The molecule has 0 radical (unpaired) electrons. The summed E-state index contributed by atoms with van der Waals surface area (Å²) in [4.78, 5) is 18.2. The highest BCUT2D eigenvalue weighted by Gasteiger charge is 2.24. The maximum absolute atomic E-state index is 13.7. The van der Waals surface area contributed by atoms with Crippen LogP contribution >= 0.6 is 11.3 Å². The van der Waals surface area contributed by atoms with Crippen molar-refractivity contribution in [1.82, 2.24) is 35.5 Å². The number of imidazole rings is 1. The standard InChI is InChI=1S/C28H24FN7S/c1-4-16(14-18(5-2)31-15(3)17-6-7-17)19-8-9-21-25(32-19)27(36-35-21)28-33-20-12-13-30-26(24(20)34-28)22-10-11-23(29)37-22/h4-5,8-14,17,31H,2-3,6-7H2,1H3,(H,33,34)(H,35,36)/b16-4+,18-14+. The molecule has 0 bridgehead atoms. The maximum atomic E-state index is 13.7. The summed E-state index contributed by atoms with van der Waals surface area (Å²) in [6.07, 6.45) is 9.87. The fourth-order valence-corrected chi connectivity index (χ4v) is 4.96. The Hall–Kier alpha value is -4.37. The van der Waals surface area contributed by atoms with E-state index in [1.54, 1.807) is 18.3 Å². The lowest BCUT2D eigenvalue weighted by Gasteiger charge is -2.11. The molecule has 184 valence electrons. The number of aromatic nitrogens is 6. The molecule has 1 saturated carbocycles. The molecule has 0 spiro atoms. The summed E-state index contributed by atoms with van der Waals surface area (Å²) in [5.41, 5.74) is 7.78. The van der Waals surface area contributed by atoms with Gasteiger partial charge in [-0.05, 0) is 73.7 Å². The zero-order valence-electron chi connectivity index (χ0n) is 20.2. The van der Waals surface area contributed by atoms with Crippen LogP contribution in [0.25, 0.3) is 49.7 Å². The summed E-state index contributed by atoms with van der Waals surface area (Å²) >= 11 is 1.04. The van der Waals surface area contributed by atoms with Crippen molar-refractivity contribution in [1.29, 1.82) is 0 Å². The van der Waals surface area contributed by atoms with E-state index in [-0.39, 0.29) is 5.13 Å². The van der Waals surface area contributed by atoms with E-state index in [9.17, 15) is 4.39 Å². The molecule has 9 heteroatoms. The van der Waals surface area contributed by atoms with Gasteiger partial charge in [0.25, 0.3) is 0 Å². The van der Waals surface area contributed by atoms with Crippen LogP contribution in [0.1, 0.15) is 25.5 Å². The van der Waals surface area contributed by atoms with Crippen molar-refractivity contribution < 1.29 is 4.39 Å². The number of fused-ring (bicyclic) bond motifs is 2. The molecular weight excluding hydrogens is 485 g/mol. The van der Waals surface area contributed by atoms with Crippen molar-refractivity contribution in [2.75, 3.05) is 0 Å². The summed E-state index contributed by atoms with van der Waals surface area (Å²) < 4.78 is 13.7. The minimum absolute atomic E-state index is 0.264. The molecule has 1 aliphatic carbocycles. The predicted octanol–water partition coefficient (Wildman–Crippen LogP) is 6.75. The zero-order valence-corrected chi connectivity index (χ0v) is 21.0. The molecule has 7 nitrogen and oxygen atoms in total. The lowest BCUT2D eigenvalue weighted by Crippen LogP contribution is -2.11. The Kier molecular flexibility index (Phi) is 5.77. The molecule has 0 atom stereocenters. The number of thiophene rings is 1. The van der Waals surface area contributed by atoms with E-state index in [2.05, 4.69) is 38.6 Å². The second-order valence-corrected chi connectivity index (χ2v) is 9.92. The van der Waals surface area contributed by atoms with Crippen LogP contribution in [0.2, 0.25) is 0 Å². The minimum Gasteiger partial charge on any atom is -0.359 e. The van der Waals surface area contributed by atoms with Gasteiger partial charge in [0.05, 0.1) is 21.6 Å². The van der Waals surface area contributed by atoms with Gasteiger partial charge in [0.2, 0.25) is 0 Å². The van der Waals surface area contributed by atoms with Crippen LogP contribution in [-0.4, -0.2) is 30.1 Å². The number of hydrogen-bond donors (Lipinski definition) is 3. The van der Waals surface area contributed by atoms with Crippen LogP contribution in [0.4, 0.5) is 4.39 Å². The normalized spacial score (nSPS) is 14.4. The second kappa shape index (κ2) is 9.25. The van der Waals surface area contributed by atoms with Gasteiger partial charge in [0.1, 0.15) is 16.7 Å². The Morgan fingerprint density at radius 3 is 2.68 bits per heavy atom. The lowest BCUT2D eigenvalue weighted by molar-refractivity contribution is 0.657. The topological polar surface area (TPSA) is 95.2 Å². The van der Waals surface area contributed by atoms with Crippen molar-refractivity contribution in [2.24, 2.45) is 5.92 Å². The molecule has 0 saturated heterocycles. The highest BCUT2D eigenvalue weighted by atomic mass is 32.1. The van der Waals surface area contributed by atoms with E-state index in [1.165, 1.54) is 18.9 Å². The molecule has 0 aromatic carbocycles. The van der Waals surface area contributed by atoms with E-state index >= 15 is 0 Å². The van der Waals surface area contributed by atoms with Crippen LogP contribution in [0.5, 0.6) is 0 Å². The van der Waals surface area contributed by atoms with Gasteiger partial charge in [0, 0.05) is 17.6 Å². The van der Waals surface area contributed by atoms with Crippen molar-refractivity contribution in [2.45, 2.75) is 19.8 Å².